The number of allylic oxidation sites excluding steroid dienone is 1. The molecule has 4 aromatic rings. The lowest BCUT2D eigenvalue weighted by Crippen LogP contribution is -2.25. The van der Waals surface area contributed by atoms with Crippen LogP contribution >= 0.6 is 0 Å². The van der Waals surface area contributed by atoms with E-state index >= 15 is 0 Å². The van der Waals surface area contributed by atoms with Crippen LogP contribution in [0.1, 0.15) is 55.1 Å². The highest BCUT2D eigenvalue weighted by molar-refractivity contribution is 6.01. The van der Waals surface area contributed by atoms with Gasteiger partial charge in [0.15, 0.2) is 0 Å². The highest BCUT2D eigenvalue weighted by atomic mass is 16.1. The molecule has 162 valence electrons. The van der Waals surface area contributed by atoms with Crippen molar-refractivity contribution in [3.63, 3.8) is 0 Å². The second-order valence-corrected chi connectivity index (χ2v) is 8.60. The van der Waals surface area contributed by atoms with Crippen molar-refractivity contribution >= 4 is 28.0 Å². The van der Waals surface area contributed by atoms with Crippen molar-refractivity contribution < 1.29 is 0 Å². The fraction of sp³-hybridized carbons (Fsp3) is 0.296. The van der Waals surface area contributed by atoms with Gasteiger partial charge >= 0.3 is 0 Å². The van der Waals surface area contributed by atoms with Crippen molar-refractivity contribution in [2.45, 2.75) is 51.5 Å². The van der Waals surface area contributed by atoms with E-state index in [0.717, 1.165) is 52.9 Å². The number of hydrogen-bond donors (Lipinski definition) is 0. The number of hydrogen-bond acceptors (Lipinski definition) is 3. The molecule has 2 aromatic carbocycles. The lowest BCUT2D eigenvalue weighted by Gasteiger charge is -2.22. The van der Waals surface area contributed by atoms with E-state index in [-0.39, 0.29) is 11.5 Å². The van der Waals surface area contributed by atoms with Crippen LogP contribution in [0.15, 0.2) is 71.1 Å². The largest absolute Gasteiger partial charge is 0.340 e. The molecular formula is C27H28N4O. The molecule has 0 spiro atoms. The lowest BCUT2D eigenvalue weighted by molar-refractivity contribution is 0.416. The summed E-state index contributed by atoms with van der Waals surface area (Å²) >= 11 is 0. The monoisotopic (exact) mass is 424 g/mol. The van der Waals surface area contributed by atoms with E-state index < -0.39 is 0 Å². The van der Waals surface area contributed by atoms with Gasteiger partial charge in [0, 0.05) is 34.6 Å². The second kappa shape index (κ2) is 8.58. The molecular weight excluding hydrogens is 396 g/mol. The van der Waals surface area contributed by atoms with Gasteiger partial charge in [0.05, 0.1) is 17.1 Å². The van der Waals surface area contributed by atoms with Crippen molar-refractivity contribution in [3.05, 3.63) is 88.6 Å². The quantitative estimate of drug-likeness (QED) is 0.301. The Hall–Kier alpha value is -3.47. The van der Waals surface area contributed by atoms with E-state index in [1.165, 1.54) is 19.3 Å². The first kappa shape index (κ1) is 20.4. The lowest BCUT2D eigenvalue weighted by atomic mass is 9.88. The number of rotatable bonds is 5. The molecule has 0 N–H and O–H groups in total. The Morgan fingerprint density at radius 1 is 1.06 bits per heavy atom. The van der Waals surface area contributed by atoms with Crippen LogP contribution in [0.3, 0.4) is 0 Å². The van der Waals surface area contributed by atoms with Crippen molar-refractivity contribution in [2.75, 3.05) is 0 Å². The highest BCUT2D eigenvalue weighted by Gasteiger charge is 2.22. The van der Waals surface area contributed by atoms with Crippen LogP contribution in [0.4, 0.5) is 0 Å². The van der Waals surface area contributed by atoms with E-state index in [1.54, 1.807) is 4.68 Å². The standard InChI is InChI=1S/C27H28N4O/c1-3-17-30-19(2)23(21-13-8-10-16-25(21)30)18-28-31-26(20-11-5-4-6-12-20)29-24-15-9-7-14-22(24)27(31)32/h3,7-10,13-16,18,20H,1,4-6,11-12,17H2,2H3. The number of para-hydroxylation sites is 2. The molecule has 1 aliphatic carbocycles. The minimum absolute atomic E-state index is 0.0973. The van der Waals surface area contributed by atoms with Gasteiger partial charge in [-0.05, 0) is 38.0 Å². The molecule has 5 nitrogen and oxygen atoms in total. The molecule has 0 atom stereocenters. The summed E-state index contributed by atoms with van der Waals surface area (Å²) in [6.45, 7) is 6.72. The number of aromatic nitrogens is 3. The topological polar surface area (TPSA) is 52.2 Å². The molecule has 5 heteroatoms. The number of fused-ring (bicyclic) bond motifs is 2. The fourth-order valence-electron chi connectivity index (χ4n) is 4.98. The van der Waals surface area contributed by atoms with Gasteiger partial charge in [0.25, 0.3) is 5.56 Å². The third-order valence-corrected chi connectivity index (χ3v) is 6.64. The smallest absolute Gasteiger partial charge is 0.282 e. The predicted molar refractivity (Wildman–Crippen MR) is 132 cm³/mol. The third-order valence-electron chi connectivity index (χ3n) is 6.64. The first-order chi connectivity index (χ1) is 15.7. The maximum atomic E-state index is 13.5. The average molecular weight is 425 g/mol. The Morgan fingerprint density at radius 3 is 2.56 bits per heavy atom. The number of benzene rings is 2. The van der Waals surface area contributed by atoms with Crippen LogP contribution < -0.4 is 5.56 Å². The van der Waals surface area contributed by atoms with Crippen LogP contribution in [0.5, 0.6) is 0 Å². The Kier molecular flexibility index (Phi) is 5.48. The van der Waals surface area contributed by atoms with Crippen LogP contribution in [-0.2, 0) is 6.54 Å². The Morgan fingerprint density at radius 2 is 1.78 bits per heavy atom. The van der Waals surface area contributed by atoms with Gasteiger partial charge in [-0.25, -0.2) is 4.98 Å². The first-order valence-electron chi connectivity index (χ1n) is 11.4. The summed E-state index contributed by atoms with van der Waals surface area (Å²) in [5.41, 5.74) is 3.93. The Bertz CT molecular complexity index is 1390. The molecule has 0 bridgehead atoms. The molecule has 1 fully saturated rings. The van der Waals surface area contributed by atoms with Crippen molar-refractivity contribution in [1.29, 1.82) is 0 Å². The molecule has 2 aromatic heterocycles. The average Bonchev–Trinajstić information content (AvgIpc) is 3.10. The summed E-state index contributed by atoms with van der Waals surface area (Å²) in [6.07, 6.45) is 9.44. The van der Waals surface area contributed by atoms with Gasteiger partial charge in [0.2, 0.25) is 0 Å². The summed E-state index contributed by atoms with van der Waals surface area (Å²) in [6, 6.07) is 15.9. The zero-order chi connectivity index (χ0) is 22.1. The number of nitrogens with zero attached hydrogens (tertiary/aromatic N) is 4. The molecule has 2 heterocycles. The van der Waals surface area contributed by atoms with Gasteiger partial charge in [-0.1, -0.05) is 55.7 Å². The molecule has 0 radical (unpaired) electrons. The Balaban J connectivity index is 1.69. The summed E-state index contributed by atoms with van der Waals surface area (Å²) in [7, 11) is 0. The maximum absolute atomic E-state index is 13.5. The normalized spacial score (nSPS) is 15.2. The van der Waals surface area contributed by atoms with Gasteiger partial charge < -0.3 is 4.57 Å². The summed E-state index contributed by atoms with van der Waals surface area (Å²) in [4.78, 5) is 18.4. The molecule has 32 heavy (non-hydrogen) atoms. The van der Waals surface area contributed by atoms with Gasteiger partial charge in [0.1, 0.15) is 5.82 Å². The molecule has 1 saturated carbocycles. The summed E-state index contributed by atoms with van der Waals surface area (Å²) < 4.78 is 3.78. The van der Waals surface area contributed by atoms with E-state index in [2.05, 4.69) is 30.2 Å². The van der Waals surface area contributed by atoms with Crippen molar-refractivity contribution in [3.8, 4) is 0 Å². The van der Waals surface area contributed by atoms with Crippen molar-refractivity contribution in [1.82, 2.24) is 14.2 Å². The van der Waals surface area contributed by atoms with Gasteiger partial charge in [-0.2, -0.15) is 9.78 Å². The van der Waals surface area contributed by atoms with Crippen LogP contribution in [0.2, 0.25) is 0 Å². The van der Waals surface area contributed by atoms with Crippen molar-refractivity contribution in [2.24, 2.45) is 5.10 Å². The van der Waals surface area contributed by atoms with Crippen LogP contribution in [-0.4, -0.2) is 20.4 Å². The van der Waals surface area contributed by atoms with E-state index in [0.29, 0.717) is 5.39 Å². The van der Waals surface area contributed by atoms with E-state index in [9.17, 15) is 4.79 Å². The highest BCUT2D eigenvalue weighted by Crippen LogP contribution is 2.32. The van der Waals surface area contributed by atoms with E-state index in [4.69, 9.17) is 10.1 Å². The zero-order valence-electron chi connectivity index (χ0n) is 18.5. The van der Waals surface area contributed by atoms with Gasteiger partial charge in [-0.15, -0.1) is 6.58 Å². The molecule has 0 aliphatic heterocycles. The minimum Gasteiger partial charge on any atom is -0.340 e. The molecule has 5 rings (SSSR count). The molecule has 0 unspecified atom stereocenters. The first-order valence-corrected chi connectivity index (χ1v) is 11.4. The third kappa shape index (κ3) is 3.48. The maximum Gasteiger partial charge on any atom is 0.282 e. The van der Waals surface area contributed by atoms with E-state index in [1.807, 2.05) is 48.7 Å². The van der Waals surface area contributed by atoms with Crippen LogP contribution in [0, 0.1) is 6.92 Å². The zero-order valence-corrected chi connectivity index (χ0v) is 18.5. The fourth-order valence-corrected chi connectivity index (χ4v) is 4.98. The minimum atomic E-state index is -0.0973. The van der Waals surface area contributed by atoms with Crippen LogP contribution in [0.25, 0.3) is 21.8 Å². The second-order valence-electron chi connectivity index (χ2n) is 8.60. The molecule has 0 amide bonds. The Labute approximate surface area is 187 Å². The predicted octanol–water partition coefficient (Wildman–Crippen LogP) is 5.78. The molecule has 0 saturated heterocycles. The SMILES string of the molecule is C=CCn1c(C)c(C=Nn2c(C3CCCCC3)nc3ccccc3c2=O)c2ccccc21. The summed E-state index contributed by atoms with van der Waals surface area (Å²) in [5, 5.41) is 6.49. The molecule has 1 aliphatic rings. The van der Waals surface area contributed by atoms with Gasteiger partial charge in [-0.3, -0.25) is 4.79 Å². The summed E-state index contributed by atoms with van der Waals surface area (Å²) in [5.74, 6) is 1.05.